The predicted octanol–water partition coefficient (Wildman–Crippen LogP) is 10.3. The third kappa shape index (κ3) is 4.11. The number of hydrogen-bond donors (Lipinski definition) is 0. The normalized spacial score (nSPS) is 11.6. The number of fused-ring (bicyclic) bond motifs is 8. The summed E-state index contributed by atoms with van der Waals surface area (Å²) >= 11 is 0. The van der Waals surface area contributed by atoms with Gasteiger partial charge in [-0.25, -0.2) is 15.0 Å². The van der Waals surface area contributed by atoms with E-state index in [1.807, 2.05) is 60.7 Å². The Bertz CT molecular complexity index is 2460. The van der Waals surface area contributed by atoms with Crippen molar-refractivity contribution in [3.05, 3.63) is 158 Å². The molecule has 0 aliphatic heterocycles. The number of para-hydroxylation sites is 1. The Morgan fingerprint density at radius 1 is 0.356 bits per heavy atom. The summed E-state index contributed by atoms with van der Waals surface area (Å²) in [6.07, 6.45) is 0. The molecule has 0 aliphatic rings. The molecule has 0 atom stereocenters. The molecule has 0 N–H and O–H groups in total. The van der Waals surface area contributed by atoms with Crippen molar-refractivity contribution in [2.24, 2.45) is 0 Å². The summed E-state index contributed by atoms with van der Waals surface area (Å²) in [5.74, 6) is 1.96. The first kappa shape index (κ1) is 25.4. The average Bonchev–Trinajstić information content (AvgIpc) is 3.48. The summed E-state index contributed by atoms with van der Waals surface area (Å²) in [6, 6.07) is 55.0. The van der Waals surface area contributed by atoms with Crippen molar-refractivity contribution in [1.82, 2.24) is 19.5 Å². The van der Waals surface area contributed by atoms with Crippen LogP contribution >= 0.6 is 0 Å². The third-order valence-electron chi connectivity index (χ3n) is 8.61. The van der Waals surface area contributed by atoms with Gasteiger partial charge in [-0.05, 0) is 46.5 Å². The molecule has 0 saturated heterocycles. The van der Waals surface area contributed by atoms with Gasteiger partial charge < -0.3 is 4.57 Å². The molecule has 0 amide bonds. The van der Waals surface area contributed by atoms with Gasteiger partial charge in [-0.2, -0.15) is 0 Å². The summed E-state index contributed by atoms with van der Waals surface area (Å²) in [7, 11) is 0. The lowest BCUT2D eigenvalue weighted by Gasteiger charge is -2.12. The highest BCUT2D eigenvalue weighted by Crippen LogP contribution is 2.43. The molecule has 2 heterocycles. The van der Waals surface area contributed by atoms with Gasteiger partial charge in [0.1, 0.15) is 0 Å². The molecule has 45 heavy (non-hydrogen) atoms. The maximum Gasteiger partial charge on any atom is 0.164 e. The molecule has 9 rings (SSSR count). The highest BCUT2D eigenvalue weighted by Gasteiger charge is 2.20. The lowest BCUT2D eigenvalue weighted by atomic mass is 9.96. The van der Waals surface area contributed by atoms with Crippen molar-refractivity contribution in [1.29, 1.82) is 0 Å². The van der Waals surface area contributed by atoms with E-state index in [0.29, 0.717) is 17.5 Å². The van der Waals surface area contributed by atoms with Crippen molar-refractivity contribution in [2.75, 3.05) is 0 Å². The monoisotopic (exact) mass is 574 g/mol. The van der Waals surface area contributed by atoms with Crippen LogP contribution in [-0.4, -0.2) is 19.5 Å². The minimum absolute atomic E-state index is 0.648. The zero-order valence-corrected chi connectivity index (χ0v) is 24.3. The van der Waals surface area contributed by atoms with Gasteiger partial charge in [0.2, 0.25) is 0 Å². The van der Waals surface area contributed by atoms with Crippen molar-refractivity contribution >= 4 is 43.4 Å². The van der Waals surface area contributed by atoms with Crippen molar-refractivity contribution in [3.63, 3.8) is 0 Å². The van der Waals surface area contributed by atoms with Gasteiger partial charge in [0.25, 0.3) is 0 Å². The molecule has 0 aliphatic carbocycles. The lowest BCUT2D eigenvalue weighted by molar-refractivity contribution is 1.07. The van der Waals surface area contributed by atoms with Gasteiger partial charge >= 0.3 is 0 Å². The zero-order chi connectivity index (χ0) is 29.7. The van der Waals surface area contributed by atoms with Gasteiger partial charge in [-0.15, -0.1) is 0 Å². The first-order valence-corrected chi connectivity index (χ1v) is 15.1. The van der Waals surface area contributed by atoms with Gasteiger partial charge in [0.15, 0.2) is 17.5 Å². The first-order chi connectivity index (χ1) is 22.3. The predicted molar refractivity (Wildman–Crippen MR) is 185 cm³/mol. The second kappa shape index (κ2) is 10.2. The van der Waals surface area contributed by atoms with Crippen molar-refractivity contribution < 1.29 is 0 Å². The Morgan fingerprint density at radius 3 is 1.42 bits per heavy atom. The second-order valence-electron chi connectivity index (χ2n) is 11.3. The van der Waals surface area contributed by atoms with E-state index in [4.69, 9.17) is 15.0 Å². The lowest BCUT2D eigenvalue weighted by Crippen LogP contribution is -2.00. The van der Waals surface area contributed by atoms with Crippen LogP contribution in [0.2, 0.25) is 0 Å². The summed E-state index contributed by atoms with van der Waals surface area (Å²) < 4.78 is 2.40. The van der Waals surface area contributed by atoms with Crippen LogP contribution in [0, 0.1) is 0 Å². The van der Waals surface area contributed by atoms with Crippen LogP contribution < -0.4 is 0 Å². The highest BCUT2D eigenvalue weighted by molar-refractivity contribution is 6.32. The molecule has 7 aromatic carbocycles. The van der Waals surface area contributed by atoms with Gasteiger partial charge in [-0.1, -0.05) is 127 Å². The fraction of sp³-hybridized carbons (Fsp3) is 0. The smallest absolute Gasteiger partial charge is 0.164 e. The molecular formula is C41H26N4. The average molecular weight is 575 g/mol. The number of benzene rings is 7. The summed E-state index contributed by atoms with van der Waals surface area (Å²) in [5.41, 5.74) is 6.33. The molecule has 0 radical (unpaired) electrons. The quantitative estimate of drug-likeness (QED) is 0.196. The minimum Gasteiger partial charge on any atom is -0.309 e. The second-order valence-corrected chi connectivity index (χ2v) is 11.3. The van der Waals surface area contributed by atoms with E-state index in [1.54, 1.807) is 0 Å². The van der Waals surface area contributed by atoms with E-state index in [1.165, 1.54) is 32.4 Å². The van der Waals surface area contributed by atoms with Crippen LogP contribution in [0.3, 0.4) is 0 Å². The molecule has 0 spiro atoms. The van der Waals surface area contributed by atoms with Crippen LogP contribution in [0.25, 0.3) is 83.2 Å². The summed E-state index contributed by atoms with van der Waals surface area (Å²) in [4.78, 5) is 15.0. The van der Waals surface area contributed by atoms with Crippen molar-refractivity contribution in [3.8, 4) is 39.9 Å². The van der Waals surface area contributed by atoms with Crippen LogP contribution in [0.1, 0.15) is 0 Å². The third-order valence-corrected chi connectivity index (χ3v) is 8.61. The molecule has 0 unspecified atom stereocenters. The maximum atomic E-state index is 5.03. The molecular weight excluding hydrogens is 548 g/mol. The van der Waals surface area contributed by atoms with Crippen LogP contribution in [0.5, 0.6) is 0 Å². The molecule has 0 saturated carbocycles. The minimum atomic E-state index is 0.648. The Labute approximate surface area is 259 Å². The number of nitrogens with zero attached hydrogens (tertiary/aromatic N) is 4. The Balaban J connectivity index is 1.39. The SMILES string of the molecule is c1ccc(-c2nc(-c3ccccc3)nc(-c3ccc4c(c3)c3c5ccccc5c5ccccc5c3n4-c3ccccc3)n2)cc1. The fourth-order valence-electron chi connectivity index (χ4n) is 6.60. The molecule has 0 bridgehead atoms. The fourth-order valence-corrected chi connectivity index (χ4v) is 6.60. The number of rotatable bonds is 4. The van der Waals surface area contributed by atoms with E-state index in [9.17, 15) is 0 Å². The molecule has 4 heteroatoms. The topological polar surface area (TPSA) is 43.6 Å². The standard InChI is InChI=1S/C41H26N4/c1-4-14-27(15-5-1)39-42-40(28-16-6-2-7-17-28)44-41(43-39)29-24-25-36-35(26-29)37-33-22-12-10-20-31(33)32-21-11-13-23-34(32)38(37)45(36)30-18-8-3-9-19-30/h1-26H. The number of aromatic nitrogens is 4. The van der Waals surface area contributed by atoms with E-state index in [-0.39, 0.29) is 0 Å². The van der Waals surface area contributed by atoms with E-state index >= 15 is 0 Å². The number of hydrogen-bond acceptors (Lipinski definition) is 3. The molecule has 9 aromatic rings. The highest BCUT2D eigenvalue weighted by atomic mass is 15.0. The van der Waals surface area contributed by atoms with E-state index < -0.39 is 0 Å². The van der Waals surface area contributed by atoms with E-state index in [2.05, 4.69) is 102 Å². The Hall–Kier alpha value is -6.13. The molecule has 4 nitrogen and oxygen atoms in total. The Kier molecular flexibility index (Phi) is 5.78. The summed E-state index contributed by atoms with van der Waals surface area (Å²) in [6.45, 7) is 0. The molecule has 2 aromatic heterocycles. The van der Waals surface area contributed by atoms with Gasteiger partial charge in [0, 0.05) is 38.5 Å². The summed E-state index contributed by atoms with van der Waals surface area (Å²) in [5, 5.41) is 7.34. The van der Waals surface area contributed by atoms with Gasteiger partial charge in [0.05, 0.1) is 11.0 Å². The molecule has 0 fully saturated rings. The van der Waals surface area contributed by atoms with Crippen LogP contribution in [0.4, 0.5) is 0 Å². The Morgan fingerprint density at radius 2 is 0.822 bits per heavy atom. The van der Waals surface area contributed by atoms with Crippen LogP contribution in [-0.2, 0) is 0 Å². The van der Waals surface area contributed by atoms with Crippen molar-refractivity contribution in [2.45, 2.75) is 0 Å². The van der Waals surface area contributed by atoms with Gasteiger partial charge in [-0.3, -0.25) is 0 Å². The largest absolute Gasteiger partial charge is 0.309 e. The maximum absolute atomic E-state index is 5.03. The zero-order valence-electron chi connectivity index (χ0n) is 24.3. The first-order valence-electron chi connectivity index (χ1n) is 15.1. The van der Waals surface area contributed by atoms with Crippen LogP contribution in [0.15, 0.2) is 158 Å². The van der Waals surface area contributed by atoms with E-state index in [0.717, 1.165) is 33.3 Å². The molecule has 210 valence electrons.